The molecule has 20 heavy (non-hydrogen) atoms. The number of ether oxygens (including phenoxy) is 1. The second kappa shape index (κ2) is 4.75. The average molecular weight is 287 g/mol. The largest absolute Gasteiger partial charge is 0.437 e. The van der Waals surface area contributed by atoms with E-state index in [0.717, 1.165) is 6.07 Å². The minimum Gasteiger partial charge on any atom is -0.437 e. The van der Waals surface area contributed by atoms with Gasteiger partial charge in [0.1, 0.15) is 17.6 Å². The van der Waals surface area contributed by atoms with Crippen LogP contribution in [-0.2, 0) is 0 Å². The third-order valence-corrected chi connectivity index (χ3v) is 3.41. The first kappa shape index (κ1) is 12.3. The Morgan fingerprint density at radius 3 is 3.05 bits per heavy atom. The van der Waals surface area contributed by atoms with Crippen molar-refractivity contribution in [1.29, 1.82) is 5.26 Å². The lowest BCUT2D eigenvalue weighted by Gasteiger charge is -2.03. The van der Waals surface area contributed by atoms with Crippen molar-refractivity contribution in [3.8, 4) is 17.7 Å². The van der Waals surface area contributed by atoms with Gasteiger partial charge in [-0.2, -0.15) is 10.2 Å². The number of aldehydes is 1. The number of aromatic nitrogens is 2. The molecule has 5 nitrogen and oxygen atoms in total. The summed E-state index contributed by atoms with van der Waals surface area (Å²) in [4.78, 5) is 15.9. The van der Waals surface area contributed by atoms with Crippen LogP contribution in [0.2, 0.25) is 0 Å². The zero-order valence-electron chi connectivity index (χ0n) is 9.91. The molecule has 0 fully saturated rings. The highest BCUT2D eigenvalue weighted by molar-refractivity contribution is 7.15. The van der Waals surface area contributed by atoms with E-state index in [4.69, 9.17) is 10.00 Å². The van der Waals surface area contributed by atoms with Crippen LogP contribution in [0.3, 0.4) is 0 Å². The second-order valence-electron chi connectivity index (χ2n) is 3.83. The van der Waals surface area contributed by atoms with Gasteiger partial charge in [-0.05, 0) is 12.1 Å². The maximum atomic E-state index is 13.5. The molecule has 2 heterocycles. The van der Waals surface area contributed by atoms with Crippen LogP contribution in [0.4, 0.5) is 4.39 Å². The fourth-order valence-electron chi connectivity index (χ4n) is 1.73. The van der Waals surface area contributed by atoms with Gasteiger partial charge in [0.25, 0.3) is 0 Å². The first-order valence-electron chi connectivity index (χ1n) is 5.51. The van der Waals surface area contributed by atoms with Crippen molar-refractivity contribution in [1.82, 2.24) is 9.38 Å². The summed E-state index contributed by atoms with van der Waals surface area (Å²) in [5.74, 6) is -0.398. The Kier molecular flexibility index (Phi) is 2.93. The van der Waals surface area contributed by atoms with Crippen molar-refractivity contribution in [2.75, 3.05) is 0 Å². The molecule has 3 aromatic rings. The average Bonchev–Trinajstić information content (AvgIpc) is 2.99. The highest BCUT2D eigenvalue weighted by Crippen LogP contribution is 2.27. The summed E-state index contributed by atoms with van der Waals surface area (Å²) in [6.45, 7) is 0. The molecule has 3 rings (SSSR count). The molecule has 1 aromatic carbocycles. The minimum atomic E-state index is -0.682. The van der Waals surface area contributed by atoms with Gasteiger partial charge in [0.2, 0.25) is 5.88 Å². The number of carbonyl (C=O) groups is 1. The van der Waals surface area contributed by atoms with Gasteiger partial charge < -0.3 is 4.74 Å². The van der Waals surface area contributed by atoms with E-state index < -0.39 is 5.82 Å². The third kappa shape index (κ3) is 1.92. The molecular formula is C13H6FN3O2S. The summed E-state index contributed by atoms with van der Waals surface area (Å²) in [5.41, 5.74) is 0.185. The molecule has 0 N–H and O–H groups in total. The molecule has 0 radical (unpaired) electrons. The molecule has 0 unspecified atom stereocenters. The van der Waals surface area contributed by atoms with Crippen molar-refractivity contribution in [3.63, 3.8) is 0 Å². The summed E-state index contributed by atoms with van der Waals surface area (Å²) in [5, 5.41) is 10.4. The van der Waals surface area contributed by atoms with Gasteiger partial charge in [0.05, 0.1) is 5.56 Å². The molecular weight excluding hydrogens is 281 g/mol. The summed E-state index contributed by atoms with van der Waals surface area (Å²) in [6.07, 6.45) is 2.32. The van der Waals surface area contributed by atoms with Gasteiger partial charge in [-0.1, -0.05) is 0 Å². The van der Waals surface area contributed by atoms with Crippen molar-refractivity contribution in [2.45, 2.75) is 0 Å². The van der Waals surface area contributed by atoms with Crippen LogP contribution in [0, 0.1) is 17.1 Å². The number of hydrogen-bond acceptors (Lipinski definition) is 5. The number of carbonyl (C=O) groups excluding carboxylic acids is 1. The van der Waals surface area contributed by atoms with Gasteiger partial charge in [-0.3, -0.25) is 9.20 Å². The molecule has 0 aliphatic carbocycles. The number of nitriles is 1. The Morgan fingerprint density at radius 1 is 1.50 bits per heavy atom. The second-order valence-corrected chi connectivity index (χ2v) is 4.70. The van der Waals surface area contributed by atoms with Crippen LogP contribution in [0.25, 0.3) is 4.96 Å². The predicted octanol–water partition coefficient (Wildman–Crippen LogP) is 3.01. The van der Waals surface area contributed by atoms with E-state index in [1.807, 2.05) is 0 Å². The van der Waals surface area contributed by atoms with Crippen LogP contribution in [0.15, 0.2) is 29.8 Å². The monoisotopic (exact) mass is 287 g/mol. The molecule has 2 aromatic heterocycles. The molecule has 0 amide bonds. The van der Waals surface area contributed by atoms with Gasteiger partial charge in [-0.15, -0.1) is 11.3 Å². The number of thiazole rings is 1. The standard InChI is InChI=1S/C13H6FN3O2S/c14-10-5-9(2-1-8(10)6-15)19-12-11(7-18)17-3-4-20-13(17)16-12/h1-5,7H. The number of hydrogen-bond donors (Lipinski definition) is 0. The molecule has 0 aliphatic rings. The Balaban J connectivity index is 2.01. The molecule has 0 aliphatic heterocycles. The van der Waals surface area contributed by atoms with E-state index >= 15 is 0 Å². The molecule has 0 saturated heterocycles. The fraction of sp³-hybridized carbons (Fsp3) is 0. The fourth-order valence-corrected chi connectivity index (χ4v) is 2.44. The maximum absolute atomic E-state index is 13.5. The van der Waals surface area contributed by atoms with E-state index in [0.29, 0.717) is 11.2 Å². The quantitative estimate of drug-likeness (QED) is 0.694. The van der Waals surface area contributed by atoms with E-state index in [-0.39, 0.29) is 22.9 Å². The van der Waals surface area contributed by atoms with Gasteiger partial charge in [0, 0.05) is 17.6 Å². The van der Waals surface area contributed by atoms with Crippen molar-refractivity contribution in [3.05, 3.63) is 46.9 Å². The van der Waals surface area contributed by atoms with Crippen LogP contribution in [-0.4, -0.2) is 15.7 Å². The van der Waals surface area contributed by atoms with Gasteiger partial charge in [0.15, 0.2) is 16.9 Å². The first-order chi connectivity index (χ1) is 9.72. The molecule has 0 spiro atoms. The van der Waals surface area contributed by atoms with E-state index in [2.05, 4.69) is 4.98 Å². The van der Waals surface area contributed by atoms with Gasteiger partial charge >= 0.3 is 0 Å². The molecule has 7 heteroatoms. The Morgan fingerprint density at radius 2 is 2.35 bits per heavy atom. The highest BCUT2D eigenvalue weighted by Gasteiger charge is 2.15. The molecule has 98 valence electrons. The number of fused-ring (bicyclic) bond motifs is 1. The SMILES string of the molecule is N#Cc1ccc(Oc2nc3sccn3c2C=O)cc1F. The smallest absolute Gasteiger partial charge is 0.250 e. The van der Waals surface area contributed by atoms with Crippen molar-refractivity contribution < 1.29 is 13.9 Å². The number of halogens is 1. The van der Waals surface area contributed by atoms with E-state index in [1.165, 1.54) is 23.5 Å². The summed E-state index contributed by atoms with van der Waals surface area (Å²) in [6, 6.07) is 5.56. The normalized spacial score (nSPS) is 10.4. The van der Waals surface area contributed by atoms with E-state index in [1.54, 1.807) is 22.0 Å². The van der Waals surface area contributed by atoms with Crippen molar-refractivity contribution in [2.24, 2.45) is 0 Å². The predicted molar refractivity (Wildman–Crippen MR) is 69.6 cm³/mol. The Bertz CT molecular complexity index is 847. The zero-order valence-corrected chi connectivity index (χ0v) is 10.7. The first-order valence-corrected chi connectivity index (χ1v) is 6.39. The molecule has 0 saturated carbocycles. The Hall–Kier alpha value is -2.72. The lowest BCUT2D eigenvalue weighted by Crippen LogP contribution is -1.93. The van der Waals surface area contributed by atoms with Crippen LogP contribution >= 0.6 is 11.3 Å². The van der Waals surface area contributed by atoms with Crippen molar-refractivity contribution >= 4 is 22.6 Å². The molecule has 0 bridgehead atoms. The summed E-state index contributed by atoms with van der Waals surface area (Å²) < 4.78 is 20.5. The topological polar surface area (TPSA) is 67.4 Å². The highest BCUT2D eigenvalue weighted by atomic mass is 32.1. The zero-order chi connectivity index (χ0) is 14.1. The lowest BCUT2D eigenvalue weighted by atomic mass is 10.2. The van der Waals surface area contributed by atoms with E-state index in [9.17, 15) is 9.18 Å². The maximum Gasteiger partial charge on any atom is 0.250 e. The third-order valence-electron chi connectivity index (χ3n) is 2.65. The number of rotatable bonds is 3. The summed E-state index contributed by atoms with van der Waals surface area (Å²) >= 11 is 1.35. The number of benzene rings is 1. The van der Waals surface area contributed by atoms with Crippen LogP contribution < -0.4 is 4.74 Å². The minimum absolute atomic E-state index is 0.0706. The van der Waals surface area contributed by atoms with Crippen LogP contribution in [0.5, 0.6) is 11.6 Å². The Labute approximate surface area is 116 Å². The summed E-state index contributed by atoms with van der Waals surface area (Å²) in [7, 11) is 0. The molecule has 0 atom stereocenters. The number of nitrogens with zero attached hydrogens (tertiary/aromatic N) is 3. The van der Waals surface area contributed by atoms with Gasteiger partial charge in [-0.25, -0.2) is 4.39 Å². The number of imidazole rings is 1. The van der Waals surface area contributed by atoms with Crippen LogP contribution in [0.1, 0.15) is 16.1 Å². The lowest BCUT2D eigenvalue weighted by molar-refractivity contribution is 0.111.